The van der Waals surface area contributed by atoms with Crippen molar-refractivity contribution < 1.29 is 19.1 Å². The summed E-state index contributed by atoms with van der Waals surface area (Å²) in [5.74, 6) is -0.753. The van der Waals surface area contributed by atoms with Gasteiger partial charge in [0.2, 0.25) is 5.91 Å². The number of hydrogen-bond donors (Lipinski definition) is 2. The normalized spacial score (nSPS) is 10.1. The summed E-state index contributed by atoms with van der Waals surface area (Å²) in [5, 5.41) is 5.51. The molecule has 0 saturated carbocycles. The third kappa shape index (κ3) is 5.73. The maximum Gasteiger partial charge on any atom is 0.337 e. The van der Waals surface area contributed by atoms with E-state index in [0.29, 0.717) is 17.7 Å². The molecular formula is C20H22N2O4. The SMILES string of the molecule is COC(=O)c1ccc(CNC(=O)CCNC(=O)c2cccc(C)c2)cc1. The van der Waals surface area contributed by atoms with Gasteiger partial charge in [0.1, 0.15) is 0 Å². The number of rotatable bonds is 7. The Balaban J connectivity index is 1.72. The van der Waals surface area contributed by atoms with Gasteiger partial charge in [-0.25, -0.2) is 4.79 Å². The maximum absolute atomic E-state index is 12.0. The van der Waals surface area contributed by atoms with Gasteiger partial charge in [0.15, 0.2) is 0 Å². The van der Waals surface area contributed by atoms with Crippen molar-refractivity contribution in [1.82, 2.24) is 10.6 Å². The van der Waals surface area contributed by atoms with Crippen molar-refractivity contribution in [2.75, 3.05) is 13.7 Å². The molecule has 0 spiro atoms. The lowest BCUT2D eigenvalue weighted by molar-refractivity contribution is -0.121. The summed E-state index contributed by atoms with van der Waals surface area (Å²) in [6, 6.07) is 14.1. The lowest BCUT2D eigenvalue weighted by atomic mass is 10.1. The number of benzene rings is 2. The van der Waals surface area contributed by atoms with Crippen LogP contribution in [0.1, 0.15) is 38.3 Å². The molecule has 0 aliphatic rings. The quantitative estimate of drug-likeness (QED) is 0.747. The Morgan fingerprint density at radius 2 is 1.69 bits per heavy atom. The van der Waals surface area contributed by atoms with Crippen LogP contribution in [-0.4, -0.2) is 31.4 Å². The summed E-state index contributed by atoms with van der Waals surface area (Å²) in [7, 11) is 1.33. The van der Waals surface area contributed by atoms with Crippen molar-refractivity contribution in [3.05, 3.63) is 70.8 Å². The molecule has 0 bridgehead atoms. The highest BCUT2D eigenvalue weighted by Crippen LogP contribution is 2.06. The van der Waals surface area contributed by atoms with Crippen molar-refractivity contribution in [3.63, 3.8) is 0 Å². The molecule has 0 aromatic heterocycles. The number of ether oxygens (including phenoxy) is 1. The first kappa shape index (κ1) is 19.2. The van der Waals surface area contributed by atoms with Crippen molar-refractivity contribution >= 4 is 17.8 Å². The summed E-state index contributed by atoms with van der Waals surface area (Å²) in [4.78, 5) is 35.2. The van der Waals surface area contributed by atoms with Gasteiger partial charge in [-0.3, -0.25) is 9.59 Å². The predicted molar refractivity (Wildman–Crippen MR) is 97.8 cm³/mol. The molecule has 2 aromatic rings. The van der Waals surface area contributed by atoms with Gasteiger partial charge in [-0.15, -0.1) is 0 Å². The van der Waals surface area contributed by atoms with Gasteiger partial charge in [-0.1, -0.05) is 29.8 Å². The molecule has 2 N–H and O–H groups in total. The fraction of sp³-hybridized carbons (Fsp3) is 0.250. The number of amides is 2. The lowest BCUT2D eigenvalue weighted by Gasteiger charge is -2.08. The second-order valence-electron chi connectivity index (χ2n) is 5.84. The fourth-order valence-electron chi connectivity index (χ4n) is 2.34. The summed E-state index contributed by atoms with van der Waals surface area (Å²) in [6.07, 6.45) is 0.192. The van der Waals surface area contributed by atoms with Crippen LogP contribution in [0.3, 0.4) is 0 Å². The smallest absolute Gasteiger partial charge is 0.337 e. The van der Waals surface area contributed by atoms with E-state index in [0.717, 1.165) is 11.1 Å². The predicted octanol–water partition coefficient (Wildman–Crippen LogP) is 2.22. The number of nitrogens with one attached hydrogen (secondary N) is 2. The van der Waals surface area contributed by atoms with Crippen LogP contribution in [0.25, 0.3) is 0 Å². The van der Waals surface area contributed by atoms with E-state index < -0.39 is 5.97 Å². The van der Waals surface area contributed by atoms with E-state index in [9.17, 15) is 14.4 Å². The summed E-state index contributed by atoms with van der Waals surface area (Å²) in [5.41, 5.74) is 2.92. The molecule has 2 aromatic carbocycles. The average Bonchev–Trinajstić information content (AvgIpc) is 2.66. The Hall–Kier alpha value is -3.15. The minimum Gasteiger partial charge on any atom is -0.465 e. The van der Waals surface area contributed by atoms with Crippen LogP contribution in [-0.2, 0) is 16.1 Å². The van der Waals surface area contributed by atoms with Gasteiger partial charge in [0.25, 0.3) is 5.91 Å². The molecule has 0 unspecified atom stereocenters. The largest absolute Gasteiger partial charge is 0.465 e. The third-order valence-electron chi connectivity index (χ3n) is 3.78. The number of hydrogen-bond acceptors (Lipinski definition) is 4. The zero-order chi connectivity index (χ0) is 18.9. The summed E-state index contributed by atoms with van der Waals surface area (Å²) >= 11 is 0. The number of carbonyl (C=O) groups excluding carboxylic acids is 3. The van der Waals surface area contributed by atoms with Gasteiger partial charge < -0.3 is 15.4 Å². The number of methoxy groups -OCH3 is 1. The van der Waals surface area contributed by atoms with Gasteiger partial charge in [0, 0.05) is 25.1 Å². The third-order valence-corrected chi connectivity index (χ3v) is 3.78. The molecule has 2 rings (SSSR count). The van der Waals surface area contributed by atoms with E-state index in [1.165, 1.54) is 7.11 Å². The van der Waals surface area contributed by atoms with Crippen molar-refractivity contribution in [2.24, 2.45) is 0 Å². The number of aryl methyl sites for hydroxylation is 1. The summed E-state index contributed by atoms with van der Waals surface area (Å²) in [6.45, 7) is 2.54. The maximum atomic E-state index is 12.0. The molecular weight excluding hydrogens is 332 g/mol. The second kappa shape index (κ2) is 9.36. The molecule has 0 aliphatic heterocycles. The zero-order valence-electron chi connectivity index (χ0n) is 14.9. The molecule has 0 fully saturated rings. The molecule has 0 heterocycles. The number of esters is 1. The Labute approximate surface area is 152 Å². The average molecular weight is 354 g/mol. The molecule has 6 nitrogen and oxygen atoms in total. The van der Waals surface area contributed by atoms with Crippen LogP contribution in [0.15, 0.2) is 48.5 Å². The topological polar surface area (TPSA) is 84.5 Å². The summed E-state index contributed by atoms with van der Waals surface area (Å²) < 4.78 is 4.63. The van der Waals surface area contributed by atoms with E-state index in [1.807, 2.05) is 19.1 Å². The molecule has 0 radical (unpaired) electrons. The Bertz CT molecular complexity index is 785. The molecule has 2 amide bonds. The van der Waals surface area contributed by atoms with Crippen LogP contribution < -0.4 is 10.6 Å². The van der Waals surface area contributed by atoms with Gasteiger partial charge in [-0.05, 0) is 36.8 Å². The monoisotopic (exact) mass is 354 g/mol. The minimum atomic E-state index is -0.398. The Morgan fingerprint density at radius 3 is 2.35 bits per heavy atom. The van der Waals surface area contributed by atoms with Crippen LogP contribution in [0.5, 0.6) is 0 Å². The van der Waals surface area contributed by atoms with Gasteiger partial charge >= 0.3 is 5.97 Å². The Kier molecular flexibility index (Phi) is 6.91. The highest BCUT2D eigenvalue weighted by Gasteiger charge is 2.08. The van der Waals surface area contributed by atoms with Crippen LogP contribution in [0.2, 0.25) is 0 Å². The highest BCUT2D eigenvalue weighted by atomic mass is 16.5. The number of carbonyl (C=O) groups is 3. The highest BCUT2D eigenvalue weighted by molar-refractivity contribution is 5.94. The van der Waals surface area contributed by atoms with Crippen molar-refractivity contribution in [3.8, 4) is 0 Å². The second-order valence-corrected chi connectivity index (χ2v) is 5.84. The van der Waals surface area contributed by atoms with Crippen LogP contribution in [0.4, 0.5) is 0 Å². The molecule has 0 saturated heterocycles. The first-order valence-electron chi connectivity index (χ1n) is 8.28. The van der Waals surface area contributed by atoms with Gasteiger partial charge in [0.05, 0.1) is 12.7 Å². The van der Waals surface area contributed by atoms with E-state index in [4.69, 9.17) is 0 Å². The molecule has 0 aliphatic carbocycles. The molecule has 136 valence electrons. The molecule has 0 atom stereocenters. The van der Waals surface area contributed by atoms with Crippen molar-refractivity contribution in [2.45, 2.75) is 19.9 Å². The molecule has 6 heteroatoms. The zero-order valence-corrected chi connectivity index (χ0v) is 14.9. The van der Waals surface area contributed by atoms with E-state index in [-0.39, 0.29) is 24.8 Å². The van der Waals surface area contributed by atoms with Gasteiger partial charge in [-0.2, -0.15) is 0 Å². The minimum absolute atomic E-state index is 0.161. The van der Waals surface area contributed by atoms with Crippen molar-refractivity contribution in [1.29, 1.82) is 0 Å². The van der Waals surface area contributed by atoms with E-state index in [2.05, 4.69) is 15.4 Å². The fourth-order valence-corrected chi connectivity index (χ4v) is 2.34. The standard InChI is InChI=1S/C20H22N2O4/c1-14-4-3-5-17(12-14)19(24)21-11-10-18(23)22-13-15-6-8-16(9-7-15)20(25)26-2/h3-9,12H,10-11,13H2,1-2H3,(H,21,24)(H,22,23). The van der Waals surface area contributed by atoms with E-state index >= 15 is 0 Å². The van der Waals surface area contributed by atoms with E-state index in [1.54, 1.807) is 36.4 Å². The first-order chi connectivity index (χ1) is 12.5. The first-order valence-corrected chi connectivity index (χ1v) is 8.28. The van der Waals surface area contributed by atoms with Crippen LogP contribution in [0, 0.1) is 6.92 Å². The van der Waals surface area contributed by atoms with Crippen LogP contribution >= 0.6 is 0 Å². The lowest BCUT2D eigenvalue weighted by Crippen LogP contribution is -2.30. The Morgan fingerprint density at radius 1 is 0.962 bits per heavy atom. The molecule has 26 heavy (non-hydrogen) atoms.